The maximum Gasteiger partial charge on any atom is 0.119 e. The van der Waals surface area contributed by atoms with Gasteiger partial charge >= 0.3 is 0 Å². The number of hydrogen-bond acceptors (Lipinski definition) is 4. The van der Waals surface area contributed by atoms with Crippen LogP contribution >= 0.6 is 11.3 Å². The van der Waals surface area contributed by atoms with Crippen molar-refractivity contribution in [2.75, 3.05) is 6.61 Å². The summed E-state index contributed by atoms with van der Waals surface area (Å²) < 4.78 is 5.36. The molecule has 17 heavy (non-hydrogen) atoms. The van der Waals surface area contributed by atoms with E-state index in [4.69, 9.17) is 4.74 Å². The fourth-order valence-corrected chi connectivity index (χ4v) is 2.38. The monoisotopic (exact) mass is 249 g/mol. The van der Waals surface area contributed by atoms with Crippen LogP contribution in [-0.4, -0.2) is 16.7 Å². The van der Waals surface area contributed by atoms with Gasteiger partial charge in [0.1, 0.15) is 11.9 Å². The van der Waals surface area contributed by atoms with Crippen LogP contribution in [0.3, 0.4) is 0 Å². The second-order valence-corrected chi connectivity index (χ2v) is 4.95. The van der Waals surface area contributed by atoms with Crippen LogP contribution in [0.25, 0.3) is 0 Å². The van der Waals surface area contributed by atoms with Crippen LogP contribution in [0.5, 0.6) is 5.75 Å². The normalized spacial score (nSPS) is 12.4. The lowest BCUT2D eigenvalue weighted by molar-refractivity contribution is 0.223. The first-order valence-electron chi connectivity index (χ1n) is 5.54. The van der Waals surface area contributed by atoms with Crippen LogP contribution in [-0.2, 0) is 0 Å². The Morgan fingerprint density at radius 1 is 1.35 bits per heavy atom. The van der Waals surface area contributed by atoms with Crippen molar-refractivity contribution in [2.45, 2.75) is 20.0 Å². The molecular formula is C13H15NO2S. The number of thiazole rings is 1. The van der Waals surface area contributed by atoms with Gasteiger partial charge in [0.2, 0.25) is 0 Å². The van der Waals surface area contributed by atoms with Crippen LogP contribution in [0.1, 0.15) is 28.5 Å². The lowest BCUT2D eigenvalue weighted by Crippen LogP contribution is -1.97. The van der Waals surface area contributed by atoms with Crippen molar-refractivity contribution in [2.24, 2.45) is 0 Å². The minimum Gasteiger partial charge on any atom is -0.494 e. The average molecular weight is 249 g/mol. The largest absolute Gasteiger partial charge is 0.494 e. The number of aromatic nitrogens is 1. The van der Waals surface area contributed by atoms with Crippen LogP contribution < -0.4 is 4.74 Å². The minimum absolute atomic E-state index is 0.600. The molecule has 0 saturated carbocycles. The Morgan fingerprint density at radius 3 is 2.59 bits per heavy atom. The summed E-state index contributed by atoms with van der Waals surface area (Å²) in [4.78, 5) is 5.01. The van der Waals surface area contributed by atoms with Gasteiger partial charge in [-0.05, 0) is 31.5 Å². The van der Waals surface area contributed by atoms with Crippen molar-refractivity contribution in [1.82, 2.24) is 4.98 Å². The highest BCUT2D eigenvalue weighted by Gasteiger charge is 2.12. The Bertz CT molecular complexity index is 478. The highest BCUT2D eigenvalue weighted by molar-refractivity contribution is 7.11. The van der Waals surface area contributed by atoms with E-state index in [9.17, 15) is 5.11 Å². The lowest BCUT2D eigenvalue weighted by Gasteiger charge is -2.09. The van der Waals surface area contributed by atoms with E-state index < -0.39 is 6.10 Å². The van der Waals surface area contributed by atoms with Crippen LogP contribution in [0.15, 0.2) is 30.5 Å². The maximum atomic E-state index is 10.2. The van der Waals surface area contributed by atoms with E-state index in [1.807, 2.05) is 38.1 Å². The molecule has 1 aromatic heterocycles. The highest BCUT2D eigenvalue weighted by Crippen LogP contribution is 2.27. The van der Waals surface area contributed by atoms with E-state index in [2.05, 4.69) is 4.98 Å². The van der Waals surface area contributed by atoms with E-state index >= 15 is 0 Å². The standard InChI is InChI=1S/C13H15NO2S/c1-3-16-11-6-4-10(5-7-11)13(15)12-8-14-9(2)17-12/h4-8,13,15H,3H2,1-2H3. The smallest absolute Gasteiger partial charge is 0.119 e. The number of aliphatic hydroxyl groups excluding tert-OH is 1. The molecule has 0 radical (unpaired) electrons. The second-order valence-electron chi connectivity index (χ2n) is 3.69. The maximum absolute atomic E-state index is 10.2. The first-order chi connectivity index (χ1) is 8.20. The third kappa shape index (κ3) is 2.84. The van der Waals surface area contributed by atoms with E-state index in [1.54, 1.807) is 6.20 Å². The molecule has 0 fully saturated rings. The number of rotatable bonds is 4. The Balaban J connectivity index is 2.16. The van der Waals surface area contributed by atoms with Gasteiger partial charge in [-0.3, -0.25) is 0 Å². The van der Waals surface area contributed by atoms with Gasteiger partial charge in [0.15, 0.2) is 0 Å². The number of hydrogen-bond donors (Lipinski definition) is 1. The molecule has 0 bridgehead atoms. The zero-order valence-corrected chi connectivity index (χ0v) is 10.7. The molecule has 0 amide bonds. The summed E-state index contributed by atoms with van der Waals surface area (Å²) in [5, 5.41) is 11.1. The molecule has 0 aliphatic heterocycles. The molecule has 1 unspecified atom stereocenters. The molecule has 2 rings (SSSR count). The quantitative estimate of drug-likeness (QED) is 0.906. The van der Waals surface area contributed by atoms with Gasteiger partial charge in [0.05, 0.1) is 16.5 Å². The molecule has 3 nitrogen and oxygen atoms in total. The predicted molar refractivity (Wildman–Crippen MR) is 68.5 cm³/mol. The van der Waals surface area contributed by atoms with Crippen molar-refractivity contribution in [3.63, 3.8) is 0 Å². The molecule has 1 atom stereocenters. The summed E-state index contributed by atoms with van der Waals surface area (Å²) >= 11 is 1.51. The van der Waals surface area contributed by atoms with Gasteiger partial charge in [-0.1, -0.05) is 12.1 Å². The zero-order chi connectivity index (χ0) is 12.3. The Hall–Kier alpha value is -1.39. The Labute approximate surface area is 105 Å². The SMILES string of the molecule is CCOc1ccc(C(O)c2cnc(C)s2)cc1. The first kappa shape index (κ1) is 12.1. The highest BCUT2D eigenvalue weighted by atomic mass is 32.1. The van der Waals surface area contributed by atoms with Crippen LogP contribution in [0.4, 0.5) is 0 Å². The number of nitrogens with zero attached hydrogens (tertiary/aromatic N) is 1. The number of aliphatic hydroxyl groups is 1. The fraction of sp³-hybridized carbons (Fsp3) is 0.308. The van der Waals surface area contributed by atoms with Crippen molar-refractivity contribution in [1.29, 1.82) is 0 Å². The van der Waals surface area contributed by atoms with E-state index in [-0.39, 0.29) is 0 Å². The fourth-order valence-electron chi connectivity index (χ4n) is 1.58. The van der Waals surface area contributed by atoms with Gasteiger partial charge < -0.3 is 9.84 Å². The molecule has 0 aliphatic carbocycles. The average Bonchev–Trinajstić information content (AvgIpc) is 2.76. The van der Waals surface area contributed by atoms with Crippen molar-refractivity contribution in [3.05, 3.63) is 45.9 Å². The van der Waals surface area contributed by atoms with Crippen molar-refractivity contribution < 1.29 is 9.84 Å². The topological polar surface area (TPSA) is 42.4 Å². The lowest BCUT2D eigenvalue weighted by atomic mass is 10.1. The Kier molecular flexibility index (Phi) is 3.76. The molecule has 1 aromatic carbocycles. The number of ether oxygens (including phenoxy) is 1. The molecule has 1 heterocycles. The summed E-state index contributed by atoms with van der Waals surface area (Å²) in [5.41, 5.74) is 0.858. The van der Waals surface area contributed by atoms with E-state index in [0.29, 0.717) is 6.61 Å². The molecular weight excluding hydrogens is 234 g/mol. The molecule has 90 valence electrons. The summed E-state index contributed by atoms with van der Waals surface area (Å²) in [7, 11) is 0. The van der Waals surface area contributed by atoms with E-state index in [0.717, 1.165) is 21.2 Å². The summed E-state index contributed by atoms with van der Waals surface area (Å²) in [5.74, 6) is 0.823. The molecule has 0 spiro atoms. The number of benzene rings is 1. The van der Waals surface area contributed by atoms with Crippen molar-refractivity contribution >= 4 is 11.3 Å². The molecule has 0 saturated heterocycles. The Morgan fingerprint density at radius 2 is 2.06 bits per heavy atom. The van der Waals surface area contributed by atoms with Gasteiger partial charge in [-0.25, -0.2) is 4.98 Å². The van der Waals surface area contributed by atoms with Crippen LogP contribution in [0.2, 0.25) is 0 Å². The van der Waals surface area contributed by atoms with Gasteiger partial charge in [-0.15, -0.1) is 11.3 Å². The van der Waals surface area contributed by atoms with Crippen LogP contribution in [0, 0.1) is 6.92 Å². The van der Waals surface area contributed by atoms with Gasteiger partial charge in [-0.2, -0.15) is 0 Å². The van der Waals surface area contributed by atoms with Crippen molar-refractivity contribution in [3.8, 4) is 5.75 Å². The molecule has 0 aliphatic rings. The second kappa shape index (κ2) is 5.29. The third-order valence-electron chi connectivity index (χ3n) is 2.42. The summed E-state index contributed by atoms with van der Waals surface area (Å²) in [6, 6.07) is 7.50. The third-order valence-corrected chi connectivity index (χ3v) is 3.38. The number of aryl methyl sites for hydroxylation is 1. The minimum atomic E-state index is -0.600. The molecule has 4 heteroatoms. The molecule has 1 N–H and O–H groups in total. The van der Waals surface area contributed by atoms with E-state index in [1.165, 1.54) is 11.3 Å². The molecule has 2 aromatic rings. The zero-order valence-electron chi connectivity index (χ0n) is 9.88. The predicted octanol–water partition coefficient (Wildman–Crippen LogP) is 2.93. The van der Waals surface area contributed by atoms with Gasteiger partial charge in [0, 0.05) is 6.20 Å². The summed E-state index contributed by atoms with van der Waals surface area (Å²) in [6.45, 7) is 4.53. The van der Waals surface area contributed by atoms with Gasteiger partial charge in [0.25, 0.3) is 0 Å². The first-order valence-corrected chi connectivity index (χ1v) is 6.35. The summed E-state index contributed by atoms with van der Waals surface area (Å²) in [6.07, 6.45) is 1.12.